The van der Waals surface area contributed by atoms with Crippen LogP contribution in [0.3, 0.4) is 0 Å². The average molecular weight is 1050 g/mol. The van der Waals surface area contributed by atoms with Crippen molar-refractivity contribution in [1.29, 1.82) is 0 Å². The second-order valence-corrected chi connectivity index (χ2v) is 19.6. The van der Waals surface area contributed by atoms with E-state index >= 15 is 0 Å². The molecule has 5 amide bonds. The first-order chi connectivity index (χ1) is 35.8. The summed E-state index contributed by atoms with van der Waals surface area (Å²) in [5, 5.41) is 27.3. The number of hydrogen-bond donors (Lipinski definition) is 4. The number of nitrogens with zero attached hydrogens (tertiary/aromatic N) is 8. The van der Waals surface area contributed by atoms with Crippen LogP contribution in [0.4, 0.5) is 42.8 Å². The number of halogens is 6. The Hall–Kier alpha value is -7.34. The number of amides is 5. The molecular weight excluding hydrogens is 995 g/mol. The second-order valence-electron chi connectivity index (χ2n) is 19.6. The maximum Gasteiger partial charge on any atom is 0.490 e. The smallest absolute Gasteiger partial charge is 0.490 e. The molecule has 1 aliphatic carbocycles. The van der Waals surface area contributed by atoms with Gasteiger partial charge in [-0.3, -0.25) is 34.2 Å². The number of aromatic nitrogens is 4. The zero-order valence-electron chi connectivity index (χ0n) is 40.7. The minimum absolute atomic E-state index is 0.0711. The van der Waals surface area contributed by atoms with E-state index in [-0.39, 0.29) is 48.9 Å². The number of alkyl halides is 3. The Balaban J connectivity index is 0.000000920. The lowest BCUT2D eigenvalue weighted by Gasteiger charge is -2.40. The number of fused-ring (bicyclic) bond motifs is 1. The molecule has 0 unspecified atom stereocenters. The summed E-state index contributed by atoms with van der Waals surface area (Å²) in [6.45, 7) is 7.55. The molecule has 5 aromatic rings. The van der Waals surface area contributed by atoms with Crippen molar-refractivity contribution in [1.82, 2.24) is 40.2 Å². The Morgan fingerprint density at radius 2 is 1.56 bits per heavy atom. The number of piperidine rings is 1. The van der Waals surface area contributed by atoms with Crippen LogP contribution < -0.4 is 20.4 Å². The number of aromatic hydroxyl groups is 1. The summed E-state index contributed by atoms with van der Waals surface area (Å²) in [4.78, 5) is 77.0. The lowest BCUT2D eigenvalue weighted by molar-refractivity contribution is -0.192. The topological polar surface area (TPSA) is 216 Å². The van der Waals surface area contributed by atoms with Gasteiger partial charge >= 0.3 is 18.2 Å². The van der Waals surface area contributed by atoms with Crippen molar-refractivity contribution in [3.8, 4) is 16.9 Å². The molecule has 4 saturated heterocycles. The number of benzene rings is 3. The quantitative estimate of drug-likeness (QED) is 0.0889. The van der Waals surface area contributed by atoms with Crippen LogP contribution in [0.5, 0.6) is 5.75 Å². The summed E-state index contributed by atoms with van der Waals surface area (Å²) >= 11 is 0. The second kappa shape index (κ2) is 21.5. The minimum Gasteiger partial charge on any atom is -0.503 e. The molecule has 0 bridgehead atoms. The Labute approximate surface area is 425 Å². The fourth-order valence-electron chi connectivity index (χ4n) is 10.5. The van der Waals surface area contributed by atoms with Gasteiger partial charge in [0.15, 0.2) is 17.4 Å². The maximum atomic E-state index is 14.2. The zero-order chi connectivity index (χ0) is 53.3. The number of phenolic OH excluding ortho intramolecular Hbond substituents is 1. The third-order valence-corrected chi connectivity index (χ3v) is 14.9. The third kappa shape index (κ3) is 11.5. The van der Waals surface area contributed by atoms with Crippen LogP contribution >= 0.6 is 0 Å². The number of hydrogen-bond acceptors (Lipinski definition) is 12. The number of imide groups is 1. The largest absolute Gasteiger partial charge is 0.503 e. The number of likely N-dealkylation sites (tertiary alicyclic amines) is 1. The van der Waals surface area contributed by atoms with Gasteiger partial charge in [-0.2, -0.15) is 22.7 Å². The van der Waals surface area contributed by atoms with E-state index in [2.05, 4.69) is 20.4 Å². The number of phenols is 1. The van der Waals surface area contributed by atoms with Gasteiger partial charge in [-0.25, -0.2) is 28.3 Å². The minimum atomic E-state index is -5.08. The predicted molar refractivity (Wildman–Crippen MR) is 258 cm³/mol. The van der Waals surface area contributed by atoms with Crippen molar-refractivity contribution in [3.63, 3.8) is 0 Å². The number of aryl methyl sites for hydroxylation is 1. The molecule has 75 heavy (non-hydrogen) atoms. The number of ether oxygens (including phenoxy) is 1. The first-order valence-electron chi connectivity index (χ1n) is 24.7. The van der Waals surface area contributed by atoms with E-state index in [0.717, 1.165) is 98.7 Å². The van der Waals surface area contributed by atoms with Crippen LogP contribution in [-0.4, -0.2) is 146 Å². The molecule has 1 atom stereocenters. The van der Waals surface area contributed by atoms with Gasteiger partial charge in [-0.05, 0) is 93.2 Å². The molecule has 5 aliphatic rings. The molecular formula is C51H54F6N10O8. The number of carbonyl (C=O) groups is 5. The Morgan fingerprint density at radius 3 is 2.23 bits per heavy atom. The van der Waals surface area contributed by atoms with Gasteiger partial charge in [0, 0.05) is 106 Å². The van der Waals surface area contributed by atoms with Crippen molar-refractivity contribution in [2.75, 3.05) is 68.8 Å². The summed E-state index contributed by atoms with van der Waals surface area (Å²) in [7, 11) is 0. The number of anilines is 2. The number of piperazine rings is 1. The monoisotopic (exact) mass is 1050 g/mol. The van der Waals surface area contributed by atoms with Gasteiger partial charge in [0.05, 0.1) is 29.3 Å². The lowest BCUT2D eigenvalue weighted by atomic mass is 9.86. The average Bonchev–Trinajstić information content (AvgIpc) is 4.03. The third-order valence-electron chi connectivity index (χ3n) is 14.9. The van der Waals surface area contributed by atoms with Gasteiger partial charge in [-0.15, -0.1) is 0 Å². The highest BCUT2D eigenvalue weighted by molar-refractivity contribution is 6.06. The number of rotatable bonds is 9. The van der Waals surface area contributed by atoms with E-state index in [4.69, 9.17) is 29.7 Å². The van der Waals surface area contributed by atoms with E-state index in [0.29, 0.717) is 49.0 Å². The van der Waals surface area contributed by atoms with Gasteiger partial charge in [-0.1, -0.05) is 18.2 Å². The van der Waals surface area contributed by atoms with Gasteiger partial charge in [0.2, 0.25) is 17.7 Å². The molecule has 10 rings (SSSR count). The van der Waals surface area contributed by atoms with Gasteiger partial charge in [0.1, 0.15) is 0 Å². The SMILES string of the molecule is Cc1ccc(C(=O)N2CCC3(CC2)C[C@@H](N2CCN(c4ncc(-c5ccc6cn(C7CCC(CNC(=O)c8cc(F)c(O)c(F)c8F)CC7)nc6c5)cn4)CC2)CO3)cc1N1CCC(=O)NC1=O.O=C(O)C(F)(F)F. The number of aliphatic carboxylic acids is 1. The summed E-state index contributed by atoms with van der Waals surface area (Å²) in [5.74, 6) is -9.48. The molecule has 18 nitrogen and oxygen atoms in total. The molecule has 24 heteroatoms. The molecule has 4 N–H and O–H groups in total. The Morgan fingerprint density at radius 1 is 0.867 bits per heavy atom. The van der Waals surface area contributed by atoms with Crippen LogP contribution in [0, 0.1) is 30.3 Å². The molecule has 398 valence electrons. The molecule has 6 heterocycles. The van der Waals surface area contributed by atoms with Crippen LogP contribution in [0.15, 0.2) is 61.1 Å². The van der Waals surface area contributed by atoms with Crippen LogP contribution in [-0.2, 0) is 14.3 Å². The van der Waals surface area contributed by atoms with E-state index in [1.165, 1.54) is 4.90 Å². The van der Waals surface area contributed by atoms with Crippen molar-refractivity contribution < 1.29 is 65.3 Å². The number of urea groups is 1. The Kier molecular flexibility index (Phi) is 15.0. The van der Waals surface area contributed by atoms with Crippen molar-refractivity contribution in [2.45, 2.75) is 82.2 Å². The fourth-order valence-corrected chi connectivity index (χ4v) is 10.5. The van der Waals surface area contributed by atoms with E-state index < -0.39 is 52.8 Å². The predicted octanol–water partition coefficient (Wildman–Crippen LogP) is 6.75. The molecule has 5 fully saturated rings. The molecule has 1 spiro atoms. The number of carbonyl (C=O) groups excluding carboxylic acids is 4. The van der Waals surface area contributed by atoms with Crippen molar-refractivity contribution >= 4 is 52.3 Å². The van der Waals surface area contributed by atoms with Crippen LogP contribution in [0.1, 0.15) is 83.7 Å². The van der Waals surface area contributed by atoms with Crippen LogP contribution in [0.25, 0.3) is 22.0 Å². The van der Waals surface area contributed by atoms with Gasteiger partial charge < -0.3 is 30.1 Å². The molecule has 4 aliphatic heterocycles. The van der Waals surface area contributed by atoms with Gasteiger partial charge in [0.25, 0.3) is 11.8 Å². The van der Waals surface area contributed by atoms with E-state index in [1.54, 1.807) is 12.1 Å². The molecule has 0 radical (unpaired) electrons. The van der Waals surface area contributed by atoms with E-state index in [9.17, 15) is 50.6 Å². The summed E-state index contributed by atoms with van der Waals surface area (Å²) in [6, 6.07) is 12.0. The van der Waals surface area contributed by atoms with Crippen molar-refractivity contribution in [2.24, 2.45) is 5.92 Å². The van der Waals surface area contributed by atoms with E-state index in [1.807, 2.05) is 59.4 Å². The summed E-state index contributed by atoms with van der Waals surface area (Å²) < 4.78 is 82.0. The standard InChI is InChI=1S/C49H53F3N10O6.C2HF3O2/c1-29-2-5-32(21-40(29)61-13-10-41(63)56-48(61)67)46(66)59-14-11-49(12-15-59)23-36(28-68-49)58-16-18-60(19-17-58)47-54-25-34(26-55-47)31-6-7-33-27-62(57-39(33)20-31)35-8-3-30(4-9-35)24-53-45(65)37-22-38(50)44(64)43(52)42(37)51;3-2(4,5)1(6)7/h2,5-7,20-22,25-27,30,35-36,64H,3-4,8-19,23-24,28H2,1H3,(H,53,65)(H,56,63,67);(H,6,7)/t30?,35?,36-;/m1./s1. The first-order valence-corrected chi connectivity index (χ1v) is 24.7. The lowest BCUT2D eigenvalue weighted by Crippen LogP contribution is -2.52. The van der Waals surface area contributed by atoms with Crippen molar-refractivity contribution in [3.05, 3.63) is 95.2 Å². The number of nitrogens with one attached hydrogen (secondary N) is 2. The first kappa shape index (κ1) is 52.5. The molecule has 1 saturated carbocycles. The fraction of sp³-hybridized carbons (Fsp3) is 0.451. The normalized spacial score (nSPS) is 21.2. The summed E-state index contributed by atoms with van der Waals surface area (Å²) in [5.41, 5.74) is 3.68. The Bertz CT molecular complexity index is 2990. The number of carboxylic acids is 1. The molecule has 2 aromatic heterocycles. The highest BCUT2D eigenvalue weighted by Gasteiger charge is 2.46. The summed E-state index contributed by atoms with van der Waals surface area (Å²) in [6.07, 6.45) is 6.52. The highest BCUT2D eigenvalue weighted by atomic mass is 19.4. The van der Waals surface area contributed by atoms with Crippen LogP contribution in [0.2, 0.25) is 0 Å². The zero-order valence-corrected chi connectivity index (χ0v) is 40.7. The molecule has 3 aromatic carbocycles. The highest BCUT2D eigenvalue weighted by Crippen LogP contribution is 2.39. The maximum absolute atomic E-state index is 14.2. The number of carboxylic acid groups (broad SMARTS) is 1.